The first-order valence-electron chi connectivity index (χ1n) is 7.36. The van der Waals surface area contributed by atoms with Crippen molar-refractivity contribution in [3.05, 3.63) is 60.9 Å². The van der Waals surface area contributed by atoms with Gasteiger partial charge in [0.05, 0.1) is 0 Å². The predicted octanol–water partition coefficient (Wildman–Crippen LogP) is 5.15. The Morgan fingerprint density at radius 3 is 2.41 bits per heavy atom. The van der Waals surface area contributed by atoms with Gasteiger partial charge < -0.3 is 9.73 Å². The number of fused-ring (bicyclic) bond motifs is 3. The molecule has 0 aliphatic rings. The highest BCUT2D eigenvalue weighted by molar-refractivity contribution is 6.05. The number of hydrogen-bond donors (Lipinski definition) is 1. The lowest BCUT2D eigenvalue weighted by atomic mass is 10.2. The largest absolute Gasteiger partial charge is 0.450 e. The molecule has 4 rings (SSSR count). The standard InChI is InChI=1S/C16H11N3O.C2H6/c1-2-6-11(7-3-1)19-16-15-14(17-10-18-16)12-8-4-5-9-13(12)20-15;1-2/h1-10H,(H,17,18,19);1-2H3. The number of rotatable bonds is 2. The Balaban J connectivity index is 0.000000693. The van der Waals surface area contributed by atoms with Gasteiger partial charge in [-0.25, -0.2) is 9.97 Å². The van der Waals surface area contributed by atoms with Crippen LogP contribution in [0.4, 0.5) is 11.5 Å². The van der Waals surface area contributed by atoms with Crippen LogP contribution in [0.2, 0.25) is 0 Å². The summed E-state index contributed by atoms with van der Waals surface area (Å²) in [5.74, 6) is 0.678. The van der Waals surface area contributed by atoms with Crippen LogP contribution in [0.15, 0.2) is 65.3 Å². The van der Waals surface area contributed by atoms with E-state index in [1.165, 1.54) is 0 Å². The third-order valence-electron chi connectivity index (χ3n) is 3.19. The summed E-state index contributed by atoms with van der Waals surface area (Å²) in [5, 5.41) is 4.26. The van der Waals surface area contributed by atoms with Crippen molar-refractivity contribution in [2.75, 3.05) is 5.32 Å². The van der Waals surface area contributed by atoms with Crippen LogP contribution in [0.5, 0.6) is 0 Å². The Hall–Kier alpha value is -2.88. The number of nitrogens with one attached hydrogen (secondary N) is 1. The maximum Gasteiger partial charge on any atom is 0.196 e. The molecule has 0 unspecified atom stereocenters. The van der Waals surface area contributed by atoms with E-state index < -0.39 is 0 Å². The van der Waals surface area contributed by atoms with Gasteiger partial charge in [0.15, 0.2) is 11.4 Å². The number of hydrogen-bond acceptors (Lipinski definition) is 4. The Labute approximate surface area is 128 Å². The molecule has 4 nitrogen and oxygen atoms in total. The molecule has 4 aromatic rings. The van der Waals surface area contributed by atoms with Gasteiger partial charge >= 0.3 is 0 Å². The van der Waals surface area contributed by atoms with E-state index in [9.17, 15) is 0 Å². The molecule has 22 heavy (non-hydrogen) atoms. The minimum Gasteiger partial charge on any atom is -0.450 e. The molecule has 110 valence electrons. The number of benzene rings is 2. The van der Waals surface area contributed by atoms with Gasteiger partial charge in [-0.2, -0.15) is 0 Å². The van der Waals surface area contributed by atoms with Crippen LogP contribution in [0, 0.1) is 0 Å². The molecule has 2 aromatic carbocycles. The van der Waals surface area contributed by atoms with Crippen molar-refractivity contribution in [2.24, 2.45) is 0 Å². The number of para-hydroxylation sites is 2. The minimum absolute atomic E-state index is 0.678. The minimum atomic E-state index is 0.678. The SMILES string of the molecule is CC.c1ccc(Nc2ncnc3c2oc2ccccc23)cc1. The molecule has 2 heterocycles. The van der Waals surface area contributed by atoms with Crippen molar-refractivity contribution < 1.29 is 4.42 Å². The van der Waals surface area contributed by atoms with Gasteiger partial charge in [-0.15, -0.1) is 0 Å². The fraction of sp³-hybridized carbons (Fsp3) is 0.111. The van der Waals surface area contributed by atoms with E-state index in [0.29, 0.717) is 11.4 Å². The highest BCUT2D eigenvalue weighted by Gasteiger charge is 2.12. The van der Waals surface area contributed by atoms with Crippen LogP contribution in [0.25, 0.3) is 22.1 Å². The maximum absolute atomic E-state index is 5.87. The lowest BCUT2D eigenvalue weighted by Gasteiger charge is -2.04. The maximum atomic E-state index is 5.87. The van der Waals surface area contributed by atoms with Gasteiger partial charge in [-0.1, -0.05) is 44.2 Å². The molecule has 0 saturated carbocycles. The molecule has 0 spiro atoms. The lowest BCUT2D eigenvalue weighted by molar-refractivity contribution is 0.667. The van der Waals surface area contributed by atoms with Crippen LogP contribution in [0.1, 0.15) is 13.8 Å². The van der Waals surface area contributed by atoms with E-state index in [1.807, 2.05) is 68.4 Å². The normalized spacial score (nSPS) is 10.3. The summed E-state index contributed by atoms with van der Waals surface area (Å²) in [6, 6.07) is 17.7. The van der Waals surface area contributed by atoms with Crippen molar-refractivity contribution >= 4 is 33.6 Å². The third kappa shape index (κ3) is 2.51. The fourth-order valence-corrected chi connectivity index (χ4v) is 2.27. The molecule has 0 saturated heterocycles. The van der Waals surface area contributed by atoms with Crippen LogP contribution < -0.4 is 5.32 Å². The molecule has 0 amide bonds. The van der Waals surface area contributed by atoms with Crippen molar-refractivity contribution in [3.63, 3.8) is 0 Å². The number of aromatic nitrogens is 2. The number of anilines is 2. The van der Waals surface area contributed by atoms with Gasteiger partial charge in [0, 0.05) is 11.1 Å². The molecular formula is C18H17N3O. The van der Waals surface area contributed by atoms with Gasteiger partial charge in [-0.05, 0) is 24.3 Å². The Bertz CT molecular complexity index is 885. The predicted molar refractivity (Wildman–Crippen MR) is 90.4 cm³/mol. The van der Waals surface area contributed by atoms with Crippen LogP contribution in [-0.4, -0.2) is 9.97 Å². The average molecular weight is 291 g/mol. The zero-order valence-electron chi connectivity index (χ0n) is 12.6. The first-order chi connectivity index (χ1) is 10.9. The van der Waals surface area contributed by atoms with E-state index in [4.69, 9.17) is 4.42 Å². The van der Waals surface area contributed by atoms with Crippen molar-refractivity contribution in [2.45, 2.75) is 13.8 Å². The van der Waals surface area contributed by atoms with Crippen molar-refractivity contribution in [1.29, 1.82) is 0 Å². The van der Waals surface area contributed by atoms with Crippen molar-refractivity contribution in [1.82, 2.24) is 9.97 Å². The van der Waals surface area contributed by atoms with E-state index >= 15 is 0 Å². The summed E-state index contributed by atoms with van der Waals surface area (Å²) in [4.78, 5) is 8.61. The molecule has 0 atom stereocenters. The summed E-state index contributed by atoms with van der Waals surface area (Å²) in [6.07, 6.45) is 1.55. The molecule has 0 fully saturated rings. The summed E-state index contributed by atoms with van der Waals surface area (Å²) in [5.41, 5.74) is 3.29. The van der Waals surface area contributed by atoms with Crippen LogP contribution in [0.3, 0.4) is 0 Å². The molecule has 4 heteroatoms. The zero-order chi connectivity index (χ0) is 15.4. The monoisotopic (exact) mass is 291 g/mol. The highest BCUT2D eigenvalue weighted by atomic mass is 16.3. The average Bonchev–Trinajstić information content (AvgIpc) is 2.98. The molecule has 2 aromatic heterocycles. The molecular weight excluding hydrogens is 274 g/mol. The first-order valence-corrected chi connectivity index (χ1v) is 7.36. The molecule has 0 bridgehead atoms. The smallest absolute Gasteiger partial charge is 0.196 e. The number of furan rings is 1. The van der Waals surface area contributed by atoms with Gasteiger partial charge in [-0.3, -0.25) is 0 Å². The quantitative estimate of drug-likeness (QED) is 0.555. The molecule has 0 aliphatic heterocycles. The van der Waals surface area contributed by atoms with E-state index in [-0.39, 0.29) is 0 Å². The van der Waals surface area contributed by atoms with Gasteiger partial charge in [0.25, 0.3) is 0 Å². The van der Waals surface area contributed by atoms with Crippen LogP contribution in [-0.2, 0) is 0 Å². The highest BCUT2D eigenvalue weighted by Crippen LogP contribution is 2.31. The van der Waals surface area contributed by atoms with E-state index in [2.05, 4.69) is 15.3 Å². The lowest BCUT2D eigenvalue weighted by Crippen LogP contribution is -1.94. The molecule has 1 N–H and O–H groups in total. The van der Waals surface area contributed by atoms with Crippen LogP contribution >= 0.6 is 0 Å². The first kappa shape index (κ1) is 14.1. The molecule has 0 aliphatic carbocycles. The van der Waals surface area contributed by atoms with E-state index in [1.54, 1.807) is 6.33 Å². The topological polar surface area (TPSA) is 51.0 Å². The second-order valence-corrected chi connectivity index (χ2v) is 4.49. The second kappa shape index (κ2) is 6.26. The Morgan fingerprint density at radius 2 is 1.59 bits per heavy atom. The van der Waals surface area contributed by atoms with E-state index in [0.717, 1.165) is 22.2 Å². The summed E-state index contributed by atoms with van der Waals surface area (Å²) in [6.45, 7) is 4.00. The Kier molecular flexibility index (Phi) is 4.01. The van der Waals surface area contributed by atoms with Gasteiger partial charge in [0.1, 0.15) is 17.4 Å². The zero-order valence-corrected chi connectivity index (χ0v) is 12.6. The molecule has 0 radical (unpaired) electrons. The number of nitrogens with zero attached hydrogens (tertiary/aromatic N) is 2. The van der Waals surface area contributed by atoms with Crippen molar-refractivity contribution in [3.8, 4) is 0 Å². The summed E-state index contributed by atoms with van der Waals surface area (Å²) < 4.78 is 5.87. The van der Waals surface area contributed by atoms with Gasteiger partial charge in [0.2, 0.25) is 0 Å². The fourth-order valence-electron chi connectivity index (χ4n) is 2.27. The summed E-state index contributed by atoms with van der Waals surface area (Å²) in [7, 11) is 0. The third-order valence-corrected chi connectivity index (χ3v) is 3.19. The summed E-state index contributed by atoms with van der Waals surface area (Å²) >= 11 is 0. The second-order valence-electron chi connectivity index (χ2n) is 4.49. The Morgan fingerprint density at radius 1 is 0.864 bits per heavy atom.